The van der Waals surface area contributed by atoms with Gasteiger partial charge in [-0.25, -0.2) is 0 Å². The van der Waals surface area contributed by atoms with Gasteiger partial charge in [-0.05, 0) is 30.5 Å². The number of aromatic nitrogens is 2. The number of fused-ring (bicyclic) bond motifs is 1. The summed E-state index contributed by atoms with van der Waals surface area (Å²) in [4.78, 5) is 25.0. The van der Waals surface area contributed by atoms with E-state index >= 15 is 0 Å². The predicted octanol–water partition coefficient (Wildman–Crippen LogP) is 1.72. The molecular weight excluding hydrogens is 338 g/mol. The number of aromatic hydroxyl groups is 1. The number of amides is 1. The van der Waals surface area contributed by atoms with Gasteiger partial charge in [-0.2, -0.15) is 0 Å². The molecule has 1 aromatic carbocycles. The number of H-pyrrole nitrogens is 1. The molecule has 0 spiro atoms. The number of hydrogen-bond acceptors (Lipinski definition) is 5. The molecule has 26 heavy (non-hydrogen) atoms. The Bertz CT molecular complexity index is 895. The largest absolute Gasteiger partial charge is 0.504 e. The molecule has 2 aliphatic rings. The number of rotatable bonds is 3. The van der Waals surface area contributed by atoms with Gasteiger partial charge in [-0.15, -0.1) is 0 Å². The van der Waals surface area contributed by atoms with E-state index in [1.54, 1.807) is 22.9 Å². The van der Waals surface area contributed by atoms with Crippen LogP contribution in [0.5, 0.6) is 11.5 Å². The van der Waals surface area contributed by atoms with Crippen molar-refractivity contribution in [1.82, 2.24) is 9.78 Å². The van der Waals surface area contributed by atoms with Gasteiger partial charge in [0.15, 0.2) is 11.5 Å². The first kappa shape index (κ1) is 16.7. The summed E-state index contributed by atoms with van der Waals surface area (Å²) in [5.41, 5.74) is 1.02. The molecule has 2 aromatic rings. The minimum absolute atomic E-state index is 0.0159. The number of methoxy groups -OCH3 is 1. The Labute approximate surface area is 149 Å². The van der Waals surface area contributed by atoms with Crippen molar-refractivity contribution in [3.05, 3.63) is 39.7 Å². The van der Waals surface area contributed by atoms with Crippen molar-refractivity contribution in [3.8, 4) is 11.5 Å². The summed E-state index contributed by atoms with van der Waals surface area (Å²) < 4.78 is 12.2. The smallest absolute Gasteiger partial charge is 0.270 e. The Morgan fingerprint density at radius 2 is 2.04 bits per heavy atom. The molecule has 4 rings (SSSR count). The van der Waals surface area contributed by atoms with Crippen LogP contribution in [0, 0.1) is 0 Å². The van der Waals surface area contributed by atoms with Gasteiger partial charge in [0.25, 0.3) is 5.56 Å². The molecular formula is C18H21N3O5. The molecule has 1 fully saturated rings. The minimum atomic E-state index is -0.416. The van der Waals surface area contributed by atoms with E-state index in [1.807, 2.05) is 0 Å². The molecule has 1 saturated heterocycles. The van der Waals surface area contributed by atoms with Gasteiger partial charge < -0.3 is 19.9 Å². The molecule has 2 aliphatic heterocycles. The maximum atomic E-state index is 12.7. The van der Waals surface area contributed by atoms with Gasteiger partial charge in [-0.3, -0.25) is 19.4 Å². The zero-order valence-electron chi connectivity index (χ0n) is 14.4. The summed E-state index contributed by atoms with van der Waals surface area (Å²) in [7, 11) is 1.47. The number of carbonyl (C=O) groups is 1. The molecule has 1 aromatic heterocycles. The van der Waals surface area contributed by atoms with Crippen LogP contribution in [0.3, 0.4) is 0 Å². The highest BCUT2D eigenvalue weighted by atomic mass is 16.5. The molecule has 138 valence electrons. The van der Waals surface area contributed by atoms with Crippen molar-refractivity contribution in [1.29, 1.82) is 0 Å². The van der Waals surface area contributed by atoms with Crippen LogP contribution in [0.4, 0.5) is 5.82 Å². The maximum absolute atomic E-state index is 12.7. The summed E-state index contributed by atoms with van der Waals surface area (Å²) in [5.74, 6) is 0.289. The lowest BCUT2D eigenvalue weighted by Crippen LogP contribution is -2.28. The van der Waals surface area contributed by atoms with Gasteiger partial charge in [0, 0.05) is 25.6 Å². The highest BCUT2D eigenvalue weighted by Crippen LogP contribution is 2.39. The van der Waals surface area contributed by atoms with Gasteiger partial charge in [0.05, 0.1) is 18.7 Å². The zero-order valence-corrected chi connectivity index (χ0v) is 14.4. The molecule has 0 unspecified atom stereocenters. The van der Waals surface area contributed by atoms with Crippen molar-refractivity contribution in [2.24, 2.45) is 0 Å². The molecule has 8 heteroatoms. The summed E-state index contributed by atoms with van der Waals surface area (Å²) in [5, 5.41) is 15.8. The molecule has 3 heterocycles. The second kappa shape index (κ2) is 6.53. The van der Waals surface area contributed by atoms with E-state index in [2.05, 4.69) is 10.4 Å². The van der Waals surface area contributed by atoms with E-state index in [4.69, 9.17) is 9.47 Å². The zero-order chi connectivity index (χ0) is 18.3. The minimum Gasteiger partial charge on any atom is -0.504 e. The molecule has 0 bridgehead atoms. The summed E-state index contributed by atoms with van der Waals surface area (Å²) >= 11 is 0. The Hall–Kier alpha value is -2.74. The summed E-state index contributed by atoms with van der Waals surface area (Å²) in [6.07, 6.45) is 1.71. The lowest BCUT2D eigenvalue weighted by Gasteiger charge is -2.28. The predicted molar refractivity (Wildman–Crippen MR) is 93.9 cm³/mol. The third kappa shape index (κ3) is 2.76. The van der Waals surface area contributed by atoms with E-state index < -0.39 is 5.92 Å². The third-order valence-electron chi connectivity index (χ3n) is 5.12. The van der Waals surface area contributed by atoms with Crippen LogP contribution in [0.15, 0.2) is 23.0 Å². The lowest BCUT2D eigenvalue weighted by atomic mass is 9.87. The van der Waals surface area contributed by atoms with E-state index in [0.29, 0.717) is 35.9 Å². The van der Waals surface area contributed by atoms with E-state index in [1.165, 1.54) is 7.11 Å². The topological polar surface area (TPSA) is 106 Å². The Morgan fingerprint density at radius 3 is 2.73 bits per heavy atom. The fourth-order valence-electron chi connectivity index (χ4n) is 3.81. The second-order valence-electron chi connectivity index (χ2n) is 6.65. The normalized spacial score (nSPS) is 20.5. The molecule has 0 radical (unpaired) electrons. The molecule has 1 amide bonds. The monoisotopic (exact) mass is 359 g/mol. The van der Waals surface area contributed by atoms with Crippen molar-refractivity contribution in [2.75, 3.05) is 25.6 Å². The Morgan fingerprint density at radius 1 is 1.27 bits per heavy atom. The summed E-state index contributed by atoms with van der Waals surface area (Å²) in [6, 6.07) is 5.05. The number of hydrogen-bond donors (Lipinski definition) is 3. The average Bonchev–Trinajstić information content (AvgIpc) is 2.98. The average molecular weight is 359 g/mol. The third-order valence-corrected chi connectivity index (χ3v) is 5.12. The SMILES string of the molecule is COc1ccc([C@H]2CC(=O)Nc3c2c(=O)[nH]n3C2CCOCC2)cc1O. The first-order valence-corrected chi connectivity index (χ1v) is 8.67. The quantitative estimate of drug-likeness (QED) is 0.774. The van der Waals surface area contributed by atoms with E-state index in [0.717, 1.165) is 12.8 Å². The van der Waals surface area contributed by atoms with Gasteiger partial charge in [0.2, 0.25) is 5.91 Å². The van der Waals surface area contributed by atoms with Crippen LogP contribution in [0.2, 0.25) is 0 Å². The number of aromatic amines is 1. The van der Waals surface area contributed by atoms with E-state index in [-0.39, 0.29) is 29.7 Å². The van der Waals surface area contributed by atoms with Crippen LogP contribution < -0.4 is 15.6 Å². The van der Waals surface area contributed by atoms with Crippen LogP contribution in [0.1, 0.15) is 42.3 Å². The van der Waals surface area contributed by atoms with Crippen LogP contribution in [-0.4, -0.2) is 41.1 Å². The van der Waals surface area contributed by atoms with Crippen molar-refractivity contribution in [2.45, 2.75) is 31.2 Å². The van der Waals surface area contributed by atoms with Crippen LogP contribution in [-0.2, 0) is 9.53 Å². The van der Waals surface area contributed by atoms with Gasteiger partial charge in [0.1, 0.15) is 5.82 Å². The Kier molecular flexibility index (Phi) is 4.20. The standard InChI is InChI=1S/C18H21N3O5/c1-25-14-3-2-10(8-13(14)22)12-9-15(23)19-17-16(12)18(24)20-21(17)11-4-6-26-7-5-11/h2-3,8,11-12,22H,4-7,9H2,1H3,(H,19,23)(H,20,24)/t12-/m1/s1. The number of anilines is 1. The first-order valence-electron chi connectivity index (χ1n) is 8.67. The van der Waals surface area contributed by atoms with Gasteiger partial charge >= 0.3 is 0 Å². The number of ether oxygens (including phenoxy) is 2. The lowest BCUT2D eigenvalue weighted by molar-refractivity contribution is -0.116. The van der Waals surface area contributed by atoms with Gasteiger partial charge in [-0.1, -0.05) is 6.07 Å². The van der Waals surface area contributed by atoms with E-state index in [9.17, 15) is 14.7 Å². The van der Waals surface area contributed by atoms with Crippen LogP contribution in [0.25, 0.3) is 0 Å². The van der Waals surface area contributed by atoms with Crippen molar-refractivity contribution in [3.63, 3.8) is 0 Å². The van der Waals surface area contributed by atoms with Crippen molar-refractivity contribution < 1.29 is 19.4 Å². The number of phenolic OH excluding ortho intramolecular Hbond substituents is 1. The van der Waals surface area contributed by atoms with Crippen molar-refractivity contribution >= 4 is 11.7 Å². The maximum Gasteiger partial charge on any atom is 0.270 e. The molecule has 0 aliphatic carbocycles. The number of carbonyl (C=O) groups excluding carboxylic acids is 1. The molecule has 0 saturated carbocycles. The highest BCUT2D eigenvalue weighted by Gasteiger charge is 2.34. The second-order valence-corrected chi connectivity index (χ2v) is 6.65. The number of benzene rings is 1. The van der Waals surface area contributed by atoms with Crippen LogP contribution >= 0.6 is 0 Å². The number of nitrogens with zero attached hydrogens (tertiary/aromatic N) is 1. The molecule has 8 nitrogen and oxygen atoms in total. The first-order chi connectivity index (χ1) is 12.6. The summed E-state index contributed by atoms with van der Waals surface area (Å²) in [6.45, 7) is 1.26. The fourth-order valence-corrected chi connectivity index (χ4v) is 3.81. The number of nitrogens with one attached hydrogen (secondary N) is 2. The fraction of sp³-hybridized carbons (Fsp3) is 0.444. The highest BCUT2D eigenvalue weighted by molar-refractivity contribution is 5.94. The molecule has 3 N–H and O–H groups in total. The Balaban J connectivity index is 1.78. The number of phenols is 1. The molecule has 1 atom stereocenters.